The summed E-state index contributed by atoms with van der Waals surface area (Å²) in [5, 5.41) is 4.86. The Balaban J connectivity index is 1.41. The van der Waals surface area contributed by atoms with E-state index in [1.807, 2.05) is 31.3 Å². The predicted octanol–water partition coefficient (Wildman–Crippen LogP) is 4.22. The van der Waals surface area contributed by atoms with Gasteiger partial charge in [0.05, 0.1) is 0 Å². The maximum Gasteiger partial charge on any atom is 0.287 e. The number of halogens is 1. The molecule has 6 rings (SSSR count). The second kappa shape index (κ2) is 7.47. The van der Waals surface area contributed by atoms with Crippen LogP contribution in [0.5, 0.6) is 0 Å². The lowest BCUT2D eigenvalue weighted by Crippen LogP contribution is -2.64. The van der Waals surface area contributed by atoms with Crippen molar-refractivity contribution in [1.29, 1.82) is 0 Å². The lowest BCUT2D eigenvalue weighted by molar-refractivity contribution is 0.0131. The van der Waals surface area contributed by atoms with Gasteiger partial charge in [-0.25, -0.2) is 0 Å². The van der Waals surface area contributed by atoms with E-state index in [2.05, 4.69) is 21.3 Å². The van der Waals surface area contributed by atoms with Gasteiger partial charge in [-0.05, 0) is 75.0 Å². The van der Waals surface area contributed by atoms with Crippen molar-refractivity contribution in [2.75, 3.05) is 13.1 Å². The Bertz CT molecular complexity index is 1040. The van der Waals surface area contributed by atoms with Crippen molar-refractivity contribution in [2.24, 2.45) is 5.92 Å². The van der Waals surface area contributed by atoms with Crippen LogP contribution in [0.1, 0.15) is 34.5 Å². The molecule has 29 heavy (non-hydrogen) atoms. The first-order chi connectivity index (χ1) is 14.1. The van der Waals surface area contributed by atoms with Gasteiger partial charge in [-0.2, -0.15) is 0 Å². The van der Waals surface area contributed by atoms with Gasteiger partial charge in [-0.1, -0.05) is 17.7 Å². The molecule has 0 saturated carbocycles. The number of pyridine rings is 1. The average Bonchev–Trinajstić information content (AvgIpc) is 3.07. The maximum absolute atomic E-state index is 13.2. The Morgan fingerprint density at radius 1 is 1.31 bits per heavy atom. The number of furan rings is 1. The minimum absolute atomic E-state index is 0.112. The molecule has 0 unspecified atom stereocenters. The number of aryl methyl sites for hydroxylation is 1. The Hall–Kier alpha value is -2.37. The summed E-state index contributed by atoms with van der Waals surface area (Å²) in [6.45, 7) is 4.12. The van der Waals surface area contributed by atoms with Crippen molar-refractivity contribution in [3.05, 3.63) is 64.6 Å². The summed E-state index contributed by atoms with van der Waals surface area (Å²) >= 11 is 6.12. The van der Waals surface area contributed by atoms with Crippen LogP contribution in [0, 0.1) is 12.8 Å². The molecule has 1 aromatic carbocycles. The average molecular weight is 410 g/mol. The molecule has 0 aliphatic carbocycles. The van der Waals surface area contributed by atoms with Gasteiger partial charge >= 0.3 is 0 Å². The number of nitrogens with zero attached hydrogens (tertiary/aromatic N) is 2. The lowest BCUT2D eigenvalue weighted by Gasteiger charge is -2.51. The normalized spacial score (nSPS) is 26.0. The summed E-state index contributed by atoms with van der Waals surface area (Å²) in [4.78, 5) is 20.0. The third-order valence-electron chi connectivity index (χ3n) is 6.54. The molecule has 0 radical (unpaired) electrons. The smallest absolute Gasteiger partial charge is 0.287 e. The number of hydrogen-bond donors (Lipinski definition) is 1. The fraction of sp³-hybridized carbons (Fsp3) is 0.391. The quantitative estimate of drug-likeness (QED) is 0.700. The summed E-state index contributed by atoms with van der Waals surface area (Å²) in [5.41, 5.74) is 2.74. The Kier molecular flexibility index (Phi) is 4.80. The Morgan fingerprint density at radius 2 is 2.14 bits per heavy atom. The van der Waals surface area contributed by atoms with Crippen LogP contribution in [0.4, 0.5) is 0 Å². The number of amides is 1. The predicted molar refractivity (Wildman–Crippen MR) is 113 cm³/mol. The molecule has 2 bridgehead atoms. The van der Waals surface area contributed by atoms with Crippen LogP contribution in [0.25, 0.3) is 11.0 Å². The number of hydrogen-bond acceptors (Lipinski definition) is 4. The van der Waals surface area contributed by atoms with E-state index in [0.29, 0.717) is 22.3 Å². The summed E-state index contributed by atoms with van der Waals surface area (Å²) in [7, 11) is 0. The number of fused-ring (bicyclic) bond motifs is 4. The van der Waals surface area contributed by atoms with Crippen molar-refractivity contribution in [1.82, 2.24) is 15.2 Å². The van der Waals surface area contributed by atoms with Crippen LogP contribution >= 0.6 is 11.6 Å². The summed E-state index contributed by atoms with van der Waals surface area (Å²) in [6, 6.07) is 9.94. The number of nitrogens with one attached hydrogen (secondary N) is 1. The number of carbonyl (C=O) groups is 1. The van der Waals surface area contributed by atoms with Crippen molar-refractivity contribution in [2.45, 2.75) is 38.3 Å². The van der Waals surface area contributed by atoms with Crippen LogP contribution in [-0.2, 0) is 6.42 Å². The van der Waals surface area contributed by atoms with Crippen molar-refractivity contribution >= 4 is 28.5 Å². The first-order valence-corrected chi connectivity index (χ1v) is 10.6. The zero-order chi connectivity index (χ0) is 20.0. The lowest BCUT2D eigenvalue weighted by atomic mass is 9.76. The van der Waals surface area contributed by atoms with Gasteiger partial charge in [-0.3, -0.25) is 14.7 Å². The van der Waals surface area contributed by atoms with Gasteiger partial charge in [-0.15, -0.1) is 0 Å². The van der Waals surface area contributed by atoms with Gasteiger partial charge in [0.25, 0.3) is 5.91 Å². The molecule has 3 aliphatic heterocycles. The van der Waals surface area contributed by atoms with E-state index < -0.39 is 0 Å². The number of rotatable bonds is 4. The highest BCUT2D eigenvalue weighted by molar-refractivity contribution is 6.31. The fourth-order valence-corrected chi connectivity index (χ4v) is 5.18. The van der Waals surface area contributed by atoms with Crippen LogP contribution in [0.2, 0.25) is 5.02 Å². The molecule has 0 spiro atoms. The van der Waals surface area contributed by atoms with E-state index in [9.17, 15) is 4.79 Å². The highest BCUT2D eigenvalue weighted by Gasteiger charge is 2.43. The number of benzene rings is 1. The zero-order valence-electron chi connectivity index (χ0n) is 16.4. The van der Waals surface area contributed by atoms with Crippen molar-refractivity contribution in [3.63, 3.8) is 0 Å². The molecule has 5 heterocycles. The molecular weight excluding hydrogens is 386 g/mol. The number of piperidine rings is 3. The molecule has 5 nitrogen and oxygen atoms in total. The SMILES string of the molecule is Cc1c(C(=O)N[C@H]2C3CCN(CC3)[C@@H]2Cc2cccnc2)oc2ccc(Cl)cc12. The van der Waals surface area contributed by atoms with Crippen LogP contribution in [0.3, 0.4) is 0 Å². The highest BCUT2D eigenvalue weighted by Crippen LogP contribution is 2.35. The van der Waals surface area contributed by atoms with E-state index in [1.54, 1.807) is 12.3 Å². The van der Waals surface area contributed by atoms with Crippen LogP contribution in [-0.4, -0.2) is 41.0 Å². The minimum atomic E-state index is -0.134. The molecule has 3 saturated heterocycles. The molecule has 150 valence electrons. The molecule has 2 aromatic heterocycles. The standard InChI is InChI=1S/C23H24ClN3O2/c1-14-18-12-17(24)4-5-20(18)29-22(14)23(28)26-21-16-6-9-27(10-7-16)19(21)11-15-3-2-8-25-13-15/h2-5,8,12-13,16,19,21H,6-7,9-11H2,1H3,(H,26,28)/t19-,21+/m1/s1. The van der Waals surface area contributed by atoms with Crippen LogP contribution in [0.15, 0.2) is 47.1 Å². The highest BCUT2D eigenvalue weighted by atomic mass is 35.5. The Labute approximate surface area is 175 Å². The topological polar surface area (TPSA) is 58.4 Å². The van der Waals surface area contributed by atoms with Crippen LogP contribution < -0.4 is 5.32 Å². The van der Waals surface area contributed by atoms with Crippen molar-refractivity contribution < 1.29 is 9.21 Å². The van der Waals surface area contributed by atoms with Crippen molar-refractivity contribution in [3.8, 4) is 0 Å². The molecule has 1 amide bonds. The van der Waals surface area contributed by atoms with Gasteiger partial charge in [0.1, 0.15) is 5.58 Å². The molecule has 3 fully saturated rings. The molecule has 6 heteroatoms. The largest absolute Gasteiger partial charge is 0.451 e. The summed E-state index contributed by atoms with van der Waals surface area (Å²) in [5.74, 6) is 0.758. The summed E-state index contributed by atoms with van der Waals surface area (Å²) < 4.78 is 5.90. The number of aromatic nitrogens is 1. The number of carbonyl (C=O) groups excluding carboxylic acids is 1. The third kappa shape index (κ3) is 3.43. The second-order valence-electron chi connectivity index (χ2n) is 8.20. The molecular formula is C23H24ClN3O2. The minimum Gasteiger partial charge on any atom is -0.451 e. The van der Waals surface area contributed by atoms with E-state index in [0.717, 1.165) is 43.3 Å². The van der Waals surface area contributed by atoms with Gasteiger partial charge in [0.2, 0.25) is 0 Å². The van der Waals surface area contributed by atoms with E-state index in [-0.39, 0.29) is 18.0 Å². The molecule has 3 aliphatic rings. The van der Waals surface area contributed by atoms with Gasteiger partial charge < -0.3 is 9.73 Å². The van der Waals surface area contributed by atoms with E-state index in [1.165, 1.54) is 5.56 Å². The first kappa shape index (κ1) is 18.6. The van der Waals surface area contributed by atoms with E-state index in [4.69, 9.17) is 16.0 Å². The molecule has 2 atom stereocenters. The first-order valence-electron chi connectivity index (χ1n) is 10.2. The molecule has 3 aromatic rings. The van der Waals surface area contributed by atoms with Gasteiger partial charge in [0.15, 0.2) is 5.76 Å². The monoisotopic (exact) mass is 409 g/mol. The zero-order valence-corrected chi connectivity index (χ0v) is 17.2. The van der Waals surface area contributed by atoms with Gasteiger partial charge in [0, 0.05) is 40.4 Å². The third-order valence-corrected chi connectivity index (χ3v) is 6.77. The second-order valence-corrected chi connectivity index (χ2v) is 8.64. The summed E-state index contributed by atoms with van der Waals surface area (Å²) in [6.07, 6.45) is 6.87. The maximum atomic E-state index is 13.2. The fourth-order valence-electron chi connectivity index (χ4n) is 5.01. The molecule has 1 N–H and O–H groups in total. The van der Waals surface area contributed by atoms with E-state index >= 15 is 0 Å². The Morgan fingerprint density at radius 3 is 2.90 bits per heavy atom.